The van der Waals surface area contributed by atoms with Gasteiger partial charge in [0.05, 0.1) is 17.4 Å². The Labute approximate surface area is 189 Å². The lowest BCUT2D eigenvalue weighted by Crippen LogP contribution is -2.47. The van der Waals surface area contributed by atoms with E-state index in [1.54, 1.807) is 13.0 Å². The number of nitrogens with zero attached hydrogens (tertiary/aromatic N) is 1. The number of halogens is 3. The molecule has 0 radical (unpaired) electrons. The first-order valence-corrected chi connectivity index (χ1v) is 10.6. The summed E-state index contributed by atoms with van der Waals surface area (Å²) in [7, 11) is 0. The number of benzene rings is 2. The van der Waals surface area contributed by atoms with Crippen molar-refractivity contribution in [1.29, 1.82) is 0 Å². The minimum absolute atomic E-state index is 0.0260. The molecule has 0 spiro atoms. The summed E-state index contributed by atoms with van der Waals surface area (Å²) in [6.45, 7) is 2.12. The van der Waals surface area contributed by atoms with Gasteiger partial charge in [-0.25, -0.2) is 13.2 Å². The predicted molar refractivity (Wildman–Crippen MR) is 120 cm³/mol. The average Bonchev–Trinajstić information content (AvgIpc) is 2.80. The summed E-state index contributed by atoms with van der Waals surface area (Å²) in [6.07, 6.45) is 2.38. The quantitative estimate of drug-likeness (QED) is 0.426. The van der Waals surface area contributed by atoms with Gasteiger partial charge < -0.3 is 16.4 Å². The highest BCUT2D eigenvalue weighted by atomic mass is 19.2. The van der Waals surface area contributed by atoms with Crippen LogP contribution >= 0.6 is 0 Å². The van der Waals surface area contributed by atoms with E-state index in [0.717, 1.165) is 23.0 Å². The summed E-state index contributed by atoms with van der Waals surface area (Å²) in [5.74, 6) is -5.76. The fourth-order valence-corrected chi connectivity index (χ4v) is 3.41. The second-order valence-electron chi connectivity index (χ2n) is 7.88. The molecule has 3 rings (SSSR count). The van der Waals surface area contributed by atoms with Crippen LogP contribution in [0.25, 0.3) is 10.9 Å². The van der Waals surface area contributed by atoms with Crippen molar-refractivity contribution in [1.82, 2.24) is 10.3 Å². The molecule has 0 fully saturated rings. The first-order chi connectivity index (χ1) is 15.8. The van der Waals surface area contributed by atoms with Crippen LogP contribution in [0.5, 0.6) is 0 Å². The minimum Gasteiger partial charge on any atom is -0.344 e. The molecule has 4 N–H and O–H groups in total. The number of carbonyl (C=O) groups excluding carboxylic acids is 2. The number of amides is 2. The number of hydrogen-bond donors (Lipinski definition) is 3. The number of hydrogen-bond acceptors (Lipinski definition) is 4. The topological polar surface area (TPSA) is 97.1 Å². The van der Waals surface area contributed by atoms with Gasteiger partial charge in [0.25, 0.3) is 0 Å². The number of anilines is 1. The molecule has 0 aliphatic carbocycles. The van der Waals surface area contributed by atoms with Crippen LogP contribution in [-0.2, 0) is 16.0 Å². The van der Waals surface area contributed by atoms with Crippen LogP contribution in [0.2, 0.25) is 0 Å². The number of rotatable bonds is 9. The number of nitrogens with two attached hydrogens (primary N) is 1. The second-order valence-corrected chi connectivity index (χ2v) is 7.88. The van der Waals surface area contributed by atoms with Gasteiger partial charge in [-0.05, 0) is 49.2 Å². The van der Waals surface area contributed by atoms with Gasteiger partial charge in [0.1, 0.15) is 6.04 Å². The Morgan fingerprint density at radius 3 is 2.45 bits per heavy atom. The zero-order valence-corrected chi connectivity index (χ0v) is 18.1. The molecule has 9 heteroatoms. The number of aromatic nitrogens is 1. The zero-order valence-electron chi connectivity index (χ0n) is 18.1. The lowest BCUT2D eigenvalue weighted by Gasteiger charge is -2.21. The Balaban J connectivity index is 1.82. The molecule has 2 atom stereocenters. The van der Waals surface area contributed by atoms with Crippen LogP contribution < -0.4 is 16.4 Å². The van der Waals surface area contributed by atoms with Gasteiger partial charge in [-0.1, -0.05) is 25.1 Å². The Kier molecular flexibility index (Phi) is 8.00. The van der Waals surface area contributed by atoms with E-state index in [-0.39, 0.29) is 12.0 Å². The first-order valence-electron chi connectivity index (χ1n) is 10.6. The van der Waals surface area contributed by atoms with E-state index in [2.05, 4.69) is 15.6 Å². The molecule has 33 heavy (non-hydrogen) atoms. The summed E-state index contributed by atoms with van der Waals surface area (Å²) >= 11 is 0. The van der Waals surface area contributed by atoms with Crippen molar-refractivity contribution in [3.63, 3.8) is 0 Å². The highest BCUT2D eigenvalue weighted by Crippen LogP contribution is 2.18. The van der Waals surface area contributed by atoms with E-state index < -0.39 is 41.2 Å². The third-order valence-electron chi connectivity index (χ3n) is 5.26. The van der Waals surface area contributed by atoms with Crippen molar-refractivity contribution in [2.75, 3.05) is 11.9 Å². The molecule has 0 unspecified atom stereocenters. The fourth-order valence-electron chi connectivity index (χ4n) is 3.41. The molecule has 0 saturated carbocycles. The highest BCUT2D eigenvalue weighted by Gasteiger charge is 2.25. The average molecular weight is 458 g/mol. The Morgan fingerprint density at radius 1 is 1.06 bits per heavy atom. The van der Waals surface area contributed by atoms with Crippen molar-refractivity contribution in [2.45, 2.75) is 32.2 Å². The van der Waals surface area contributed by atoms with Gasteiger partial charge in [-0.15, -0.1) is 0 Å². The molecular weight excluding hydrogens is 433 g/mol. The zero-order chi connectivity index (χ0) is 24.0. The highest BCUT2D eigenvalue weighted by molar-refractivity contribution is 5.98. The van der Waals surface area contributed by atoms with E-state index in [1.165, 1.54) is 6.20 Å². The van der Waals surface area contributed by atoms with Crippen molar-refractivity contribution >= 4 is 28.4 Å². The van der Waals surface area contributed by atoms with Crippen LogP contribution in [-0.4, -0.2) is 29.4 Å². The Morgan fingerprint density at radius 2 is 1.76 bits per heavy atom. The fraction of sp³-hybridized carbons (Fsp3) is 0.292. The Hall–Kier alpha value is -3.46. The molecule has 0 bridgehead atoms. The van der Waals surface area contributed by atoms with Gasteiger partial charge in [-0.2, -0.15) is 0 Å². The van der Waals surface area contributed by atoms with Crippen LogP contribution in [0.4, 0.5) is 18.9 Å². The number of nitrogens with one attached hydrogen (secondary N) is 2. The number of fused-ring (bicyclic) bond motifs is 1. The van der Waals surface area contributed by atoms with Gasteiger partial charge in [0, 0.05) is 17.7 Å². The molecular formula is C24H25F3N4O2. The standard InChI is InChI=1S/C24H25F3N4O2/c1-14(5-4-8-28)23(32)31-21(11-15-9-18(25)22(27)19(26)10-15)24(33)30-17-12-16-6-2-3-7-20(16)29-13-17/h2-3,6-7,9-10,12-14,21H,4-5,8,11,28H2,1H3,(H,30,33)(H,31,32)/t14-,21+/m0/s1. The summed E-state index contributed by atoms with van der Waals surface area (Å²) in [4.78, 5) is 29.9. The maximum atomic E-state index is 13.7. The summed E-state index contributed by atoms with van der Waals surface area (Å²) in [5, 5.41) is 6.12. The van der Waals surface area contributed by atoms with Gasteiger partial charge in [-0.3, -0.25) is 14.6 Å². The minimum atomic E-state index is -1.60. The van der Waals surface area contributed by atoms with E-state index in [4.69, 9.17) is 5.73 Å². The molecule has 3 aromatic rings. The summed E-state index contributed by atoms with van der Waals surface area (Å²) in [5.41, 5.74) is 6.65. The predicted octanol–water partition coefficient (Wildman–Crippen LogP) is 3.69. The number of pyridine rings is 1. The van der Waals surface area contributed by atoms with Crippen LogP contribution in [0.15, 0.2) is 48.7 Å². The molecule has 2 amide bonds. The SMILES string of the molecule is C[C@@H](CCCN)C(=O)N[C@H](Cc1cc(F)c(F)c(F)c1)C(=O)Nc1cnc2ccccc2c1. The lowest BCUT2D eigenvalue weighted by molar-refractivity contribution is -0.129. The van der Waals surface area contributed by atoms with Crippen molar-refractivity contribution in [3.8, 4) is 0 Å². The molecule has 174 valence electrons. The van der Waals surface area contributed by atoms with Crippen molar-refractivity contribution in [3.05, 3.63) is 71.7 Å². The van der Waals surface area contributed by atoms with Gasteiger partial charge >= 0.3 is 0 Å². The monoisotopic (exact) mass is 458 g/mol. The largest absolute Gasteiger partial charge is 0.344 e. The molecule has 0 saturated heterocycles. The normalized spacial score (nSPS) is 12.9. The van der Waals surface area contributed by atoms with E-state index >= 15 is 0 Å². The number of para-hydroxylation sites is 1. The lowest BCUT2D eigenvalue weighted by atomic mass is 10.0. The molecule has 6 nitrogen and oxygen atoms in total. The Bertz CT molecular complexity index is 1130. The molecule has 0 aliphatic heterocycles. The maximum absolute atomic E-state index is 13.7. The summed E-state index contributed by atoms with van der Waals surface area (Å²) < 4.78 is 40.7. The first kappa shape index (κ1) is 24.2. The molecule has 1 aromatic heterocycles. The third kappa shape index (κ3) is 6.29. The van der Waals surface area contributed by atoms with E-state index in [1.807, 2.05) is 24.3 Å². The third-order valence-corrected chi connectivity index (χ3v) is 5.26. The molecule has 0 aliphatic rings. The van der Waals surface area contributed by atoms with Crippen LogP contribution in [0.3, 0.4) is 0 Å². The molecule has 1 heterocycles. The van der Waals surface area contributed by atoms with Crippen molar-refractivity contribution < 1.29 is 22.8 Å². The van der Waals surface area contributed by atoms with E-state index in [9.17, 15) is 22.8 Å². The second kappa shape index (κ2) is 10.9. The van der Waals surface area contributed by atoms with Crippen molar-refractivity contribution in [2.24, 2.45) is 11.7 Å². The maximum Gasteiger partial charge on any atom is 0.247 e. The number of carbonyl (C=O) groups is 2. The van der Waals surface area contributed by atoms with Crippen LogP contribution in [0.1, 0.15) is 25.3 Å². The summed E-state index contributed by atoms with van der Waals surface area (Å²) in [6, 6.07) is 9.50. The van der Waals surface area contributed by atoms with Crippen LogP contribution in [0, 0.1) is 23.4 Å². The smallest absolute Gasteiger partial charge is 0.247 e. The van der Waals surface area contributed by atoms with E-state index in [0.29, 0.717) is 25.1 Å². The molecule has 2 aromatic carbocycles. The van der Waals surface area contributed by atoms with Gasteiger partial charge in [0.15, 0.2) is 17.5 Å². The van der Waals surface area contributed by atoms with Gasteiger partial charge in [0.2, 0.25) is 11.8 Å².